The Hall–Kier alpha value is -4.13. The number of fused-ring (bicyclic) bond motifs is 1. The highest BCUT2D eigenvalue weighted by atomic mass is 16.5. The molecule has 0 unspecified atom stereocenters. The van der Waals surface area contributed by atoms with E-state index in [9.17, 15) is 20.1 Å². The Labute approximate surface area is 184 Å². The second kappa shape index (κ2) is 8.19. The van der Waals surface area contributed by atoms with Crippen molar-refractivity contribution < 1.29 is 29.6 Å². The molecule has 7 heteroatoms. The Balaban J connectivity index is 1.91. The van der Waals surface area contributed by atoms with Gasteiger partial charge in [-0.2, -0.15) is 0 Å². The molecule has 0 saturated heterocycles. The first-order valence-corrected chi connectivity index (χ1v) is 9.91. The number of ketones is 1. The number of aromatic nitrogens is 1. The summed E-state index contributed by atoms with van der Waals surface area (Å²) in [4.78, 5) is 13.1. The molecule has 0 amide bonds. The molecule has 3 N–H and O–H groups in total. The van der Waals surface area contributed by atoms with E-state index in [-0.39, 0.29) is 29.6 Å². The lowest BCUT2D eigenvalue weighted by Gasteiger charge is -2.10. The van der Waals surface area contributed by atoms with Gasteiger partial charge in [0.1, 0.15) is 28.7 Å². The molecule has 3 aromatic carbocycles. The number of benzene rings is 3. The van der Waals surface area contributed by atoms with Crippen molar-refractivity contribution in [3.8, 4) is 39.9 Å². The molecule has 4 aromatic rings. The summed E-state index contributed by atoms with van der Waals surface area (Å²) in [6.45, 7) is 1.81. The van der Waals surface area contributed by atoms with Crippen molar-refractivity contribution in [3.63, 3.8) is 0 Å². The van der Waals surface area contributed by atoms with E-state index in [0.29, 0.717) is 39.1 Å². The summed E-state index contributed by atoms with van der Waals surface area (Å²) in [7, 11) is 3.08. The molecule has 4 rings (SSSR count). The first-order valence-electron chi connectivity index (χ1n) is 9.91. The summed E-state index contributed by atoms with van der Waals surface area (Å²) in [6, 6.07) is 12.6. The number of hydrogen-bond acceptors (Lipinski definition) is 6. The molecule has 1 aromatic heterocycles. The van der Waals surface area contributed by atoms with Crippen LogP contribution >= 0.6 is 0 Å². The highest BCUT2D eigenvalue weighted by Gasteiger charge is 2.20. The average molecular weight is 433 g/mol. The molecule has 0 bridgehead atoms. The van der Waals surface area contributed by atoms with Gasteiger partial charge in [0.05, 0.1) is 26.3 Å². The zero-order chi connectivity index (χ0) is 23.0. The van der Waals surface area contributed by atoms with Crippen LogP contribution in [0.5, 0.6) is 28.7 Å². The summed E-state index contributed by atoms with van der Waals surface area (Å²) in [5.41, 5.74) is 3.10. The van der Waals surface area contributed by atoms with Crippen molar-refractivity contribution >= 4 is 16.7 Å². The van der Waals surface area contributed by atoms with Gasteiger partial charge in [0.2, 0.25) is 0 Å². The number of phenolic OH excluding ortho intramolecular Hbond substituents is 3. The van der Waals surface area contributed by atoms with E-state index in [1.54, 1.807) is 42.1 Å². The van der Waals surface area contributed by atoms with Crippen molar-refractivity contribution in [3.05, 3.63) is 65.9 Å². The van der Waals surface area contributed by atoms with Crippen molar-refractivity contribution in [2.75, 3.05) is 14.2 Å². The Kier molecular flexibility index (Phi) is 5.40. The number of carbonyl (C=O) groups is 1. The Morgan fingerprint density at radius 1 is 0.875 bits per heavy atom. The van der Waals surface area contributed by atoms with Crippen molar-refractivity contribution in [2.45, 2.75) is 13.5 Å². The van der Waals surface area contributed by atoms with Crippen LogP contribution in [0.3, 0.4) is 0 Å². The zero-order valence-corrected chi connectivity index (χ0v) is 17.9. The molecule has 0 fully saturated rings. The molecule has 0 aliphatic carbocycles. The van der Waals surface area contributed by atoms with Crippen LogP contribution in [0.15, 0.2) is 54.7 Å². The van der Waals surface area contributed by atoms with Gasteiger partial charge >= 0.3 is 0 Å². The van der Waals surface area contributed by atoms with Crippen LogP contribution in [-0.2, 0) is 6.54 Å². The molecule has 32 heavy (non-hydrogen) atoms. The van der Waals surface area contributed by atoms with Gasteiger partial charge < -0.3 is 29.4 Å². The van der Waals surface area contributed by atoms with E-state index in [2.05, 4.69) is 0 Å². The minimum atomic E-state index is -0.187. The van der Waals surface area contributed by atoms with Crippen LogP contribution in [0, 0.1) is 6.92 Å². The van der Waals surface area contributed by atoms with Crippen LogP contribution in [-0.4, -0.2) is 39.9 Å². The summed E-state index contributed by atoms with van der Waals surface area (Å²) < 4.78 is 12.8. The maximum atomic E-state index is 13.1. The molecule has 0 saturated carbocycles. The number of nitrogens with zero attached hydrogens (tertiary/aromatic N) is 1. The Morgan fingerprint density at radius 3 is 2.19 bits per heavy atom. The number of ether oxygens (including phenoxy) is 2. The fourth-order valence-electron chi connectivity index (χ4n) is 3.91. The van der Waals surface area contributed by atoms with Gasteiger partial charge in [-0.3, -0.25) is 4.79 Å². The molecule has 0 aliphatic rings. The predicted octanol–water partition coefficient (Wildman–Crippen LogP) is 4.63. The first-order chi connectivity index (χ1) is 15.3. The monoisotopic (exact) mass is 433 g/mol. The van der Waals surface area contributed by atoms with Crippen molar-refractivity contribution in [1.82, 2.24) is 4.57 Å². The molecule has 164 valence electrons. The van der Waals surface area contributed by atoms with Gasteiger partial charge in [-0.25, -0.2) is 0 Å². The summed E-state index contributed by atoms with van der Waals surface area (Å²) in [5.74, 6) is 0.758. The Morgan fingerprint density at radius 2 is 1.56 bits per heavy atom. The molecule has 0 aliphatic heterocycles. The molecule has 0 radical (unpaired) electrons. The minimum Gasteiger partial charge on any atom is -0.508 e. The smallest absolute Gasteiger partial charge is 0.182 e. The van der Waals surface area contributed by atoms with E-state index in [4.69, 9.17) is 9.47 Å². The van der Waals surface area contributed by atoms with Gasteiger partial charge in [-0.15, -0.1) is 0 Å². The fraction of sp³-hybridized carbons (Fsp3) is 0.160. The summed E-state index contributed by atoms with van der Waals surface area (Å²) in [5, 5.41) is 30.6. The van der Waals surface area contributed by atoms with E-state index >= 15 is 0 Å². The fourth-order valence-corrected chi connectivity index (χ4v) is 3.91. The van der Waals surface area contributed by atoms with Gasteiger partial charge in [-0.05, 0) is 48.4 Å². The van der Waals surface area contributed by atoms with Gasteiger partial charge in [0.25, 0.3) is 0 Å². The standard InChI is InChI=1S/C25H23NO6/c1-14-4-16(8-17(27)5-14)23(30)13-26-12-21(15-6-18(28)9-19(29)7-15)25-22(26)10-20(31-2)11-24(25)32-3/h4-12,27-29H,13H2,1-3H3. The largest absolute Gasteiger partial charge is 0.508 e. The number of aryl methyl sites for hydroxylation is 1. The van der Waals surface area contributed by atoms with Gasteiger partial charge in [-0.1, -0.05) is 0 Å². The third kappa shape index (κ3) is 3.92. The normalized spacial score (nSPS) is 11.0. The van der Waals surface area contributed by atoms with Crippen LogP contribution in [0.25, 0.3) is 22.0 Å². The first kappa shape index (κ1) is 21.1. The van der Waals surface area contributed by atoms with Crippen molar-refractivity contribution in [2.24, 2.45) is 0 Å². The average Bonchev–Trinajstić information content (AvgIpc) is 3.10. The van der Waals surface area contributed by atoms with Crippen LogP contribution < -0.4 is 9.47 Å². The molecule has 1 heterocycles. The number of phenols is 3. The van der Waals surface area contributed by atoms with Gasteiger partial charge in [0.15, 0.2) is 5.78 Å². The molecule has 0 spiro atoms. The van der Waals surface area contributed by atoms with E-state index in [1.165, 1.54) is 31.4 Å². The summed E-state index contributed by atoms with van der Waals surface area (Å²) in [6.07, 6.45) is 1.77. The van der Waals surface area contributed by atoms with E-state index in [0.717, 1.165) is 5.56 Å². The van der Waals surface area contributed by atoms with E-state index < -0.39 is 0 Å². The lowest BCUT2D eigenvalue weighted by Crippen LogP contribution is -2.09. The topological polar surface area (TPSA) is 101 Å². The second-order valence-electron chi connectivity index (χ2n) is 7.61. The van der Waals surface area contributed by atoms with E-state index in [1.807, 2.05) is 6.92 Å². The number of hydrogen-bond donors (Lipinski definition) is 3. The van der Waals surface area contributed by atoms with Crippen LogP contribution in [0.2, 0.25) is 0 Å². The Bertz CT molecular complexity index is 1300. The highest BCUT2D eigenvalue weighted by Crippen LogP contribution is 2.41. The maximum Gasteiger partial charge on any atom is 0.182 e. The number of rotatable bonds is 6. The minimum absolute atomic E-state index is 0.000509. The highest BCUT2D eigenvalue weighted by molar-refractivity contribution is 6.03. The predicted molar refractivity (Wildman–Crippen MR) is 121 cm³/mol. The lowest BCUT2D eigenvalue weighted by molar-refractivity contribution is 0.0973. The van der Waals surface area contributed by atoms with Crippen LogP contribution in [0.1, 0.15) is 15.9 Å². The van der Waals surface area contributed by atoms with Crippen molar-refractivity contribution in [1.29, 1.82) is 0 Å². The molecule has 7 nitrogen and oxygen atoms in total. The number of methoxy groups -OCH3 is 2. The number of Topliss-reactive ketones (excluding diaryl/α,β-unsaturated/α-hetero) is 1. The quantitative estimate of drug-likeness (QED) is 0.383. The zero-order valence-electron chi connectivity index (χ0n) is 17.9. The third-order valence-electron chi connectivity index (χ3n) is 5.29. The molecule has 0 atom stereocenters. The third-order valence-corrected chi connectivity index (χ3v) is 5.29. The SMILES string of the molecule is COc1cc(OC)c2c(-c3cc(O)cc(O)c3)cn(CC(=O)c3cc(C)cc(O)c3)c2c1. The number of carbonyl (C=O) groups excluding carboxylic acids is 1. The van der Waals surface area contributed by atoms with Crippen LogP contribution in [0.4, 0.5) is 0 Å². The molecular weight excluding hydrogens is 410 g/mol. The van der Waals surface area contributed by atoms with Gasteiger partial charge in [0, 0.05) is 40.9 Å². The summed E-state index contributed by atoms with van der Waals surface area (Å²) >= 11 is 0. The maximum absolute atomic E-state index is 13.1. The lowest BCUT2D eigenvalue weighted by atomic mass is 10.0. The number of aromatic hydroxyl groups is 3. The second-order valence-corrected chi connectivity index (χ2v) is 7.61. The molecular formula is C25H23NO6.